The van der Waals surface area contributed by atoms with Gasteiger partial charge in [0.1, 0.15) is 0 Å². The number of para-hydroxylation sites is 1. The van der Waals surface area contributed by atoms with E-state index < -0.39 is 0 Å². The van der Waals surface area contributed by atoms with Crippen LogP contribution in [0.25, 0.3) is 143 Å². The number of hydrogen-bond donors (Lipinski definition) is 0. The molecule has 0 amide bonds. The first-order valence-corrected chi connectivity index (χ1v) is 23.3. The number of aromatic nitrogens is 3. The van der Waals surface area contributed by atoms with Crippen molar-refractivity contribution in [1.82, 2.24) is 15.0 Å². The zero-order chi connectivity index (χ0) is 44.7. The molecule has 0 saturated carbocycles. The van der Waals surface area contributed by atoms with Crippen LogP contribution in [0, 0.1) is 0 Å². The van der Waals surface area contributed by atoms with E-state index in [-0.39, 0.29) is 0 Å². The zero-order valence-electron chi connectivity index (χ0n) is 36.9. The highest BCUT2D eigenvalue weighted by molar-refractivity contribution is 6.33. The molecule has 0 fully saturated rings. The van der Waals surface area contributed by atoms with Crippen LogP contribution in [0.4, 0.5) is 0 Å². The Balaban J connectivity index is 0.943. The van der Waals surface area contributed by atoms with Crippen molar-refractivity contribution in [3.05, 3.63) is 237 Å². The van der Waals surface area contributed by atoms with E-state index in [1.54, 1.807) is 0 Å². The normalized spacial score (nSPS) is 11.8. The minimum Gasteiger partial charge on any atom is -0.247 e. The van der Waals surface area contributed by atoms with E-state index in [0.717, 1.165) is 66.8 Å². The van der Waals surface area contributed by atoms with Gasteiger partial charge in [-0.25, -0.2) is 15.0 Å². The third kappa shape index (κ3) is 6.03. The molecule has 0 aliphatic heterocycles. The fourth-order valence-electron chi connectivity index (χ4n) is 10.9. The molecule has 0 N–H and O–H groups in total. The van der Waals surface area contributed by atoms with E-state index >= 15 is 0 Å². The highest BCUT2D eigenvalue weighted by Crippen LogP contribution is 2.44. The summed E-state index contributed by atoms with van der Waals surface area (Å²) in [5, 5.41) is 18.1. The summed E-state index contributed by atoms with van der Waals surface area (Å²) in [6.07, 6.45) is 0. The summed E-state index contributed by atoms with van der Waals surface area (Å²) in [6.45, 7) is 0. The quantitative estimate of drug-likeness (QED) is 0.162. The van der Waals surface area contributed by atoms with Gasteiger partial charge in [0.15, 0.2) is 5.82 Å². The third-order valence-electron chi connectivity index (χ3n) is 14.0. The predicted octanol–water partition coefficient (Wildman–Crippen LogP) is 17.4. The Kier molecular flexibility index (Phi) is 8.59. The Bertz CT molecular complexity index is 4240. The molecule has 3 nitrogen and oxygen atoms in total. The van der Waals surface area contributed by atoms with Crippen LogP contribution >= 0.6 is 0 Å². The maximum atomic E-state index is 5.47. The second kappa shape index (κ2) is 15.3. The van der Waals surface area contributed by atoms with Gasteiger partial charge in [-0.3, -0.25) is 0 Å². The Hall–Kier alpha value is -9.05. The molecule has 12 aromatic carbocycles. The topological polar surface area (TPSA) is 38.7 Å². The van der Waals surface area contributed by atoms with Crippen molar-refractivity contribution >= 4 is 86.3 Å². The molecule has 2 aromatic heterocycles. The van der Waals surface area contributed by atoms with Crippen molar-refractivity contribution < 1.29 is 0 Å². The summed E-state index contributed by atoms with van der Waals surface area (Å²) in [4.78, 5) is 16.3. The first-order chi connectivity index (χ1) is 33.7. The van der Waals surface area contributed by atoms with Crippen molar-refractivity contribution in [2.45, 2.75) is 0 Å². The van der Waals surface area contributed by atoms with Crippen molar-refractivity contribution in [3.8, 4) is 56.3 Å². The number of nitrogens with zero attached hydrogens (tertiary/aromatic N) is 3. The van der Waals surface area contributed by atoms with Crippen LogP contribution in [0.3, 0.4) is 0 Å². The fraction of sp³-hybridized carbons (Fsp3) is 0. The van der Waals surface area contributed by atoms with E-state index in [2.05, 4.69) is 237 Å². The van der Waals surface area contributed by atoms with Crippen molar-refractivity contribution in [2.24, 2.45) is 0 Å². The van der Waals surface area contributed by atoms with Gasteiger partial charge in [-0.1, -0.05) is 206 Å². The van der Waals surface area contributed by atoms with Crippen molar-refractivity contribution in [3.63, 3.8) is 0 Å². The van der Waals surface area contributed by atoms with Gasteiger partial charge < -0.3 is 0 Å². The highest BCUT2D eigenvalue weighted by Gasteiger charge is 2.20. The van der Waals surface area contributed by atoms with Gasteiger partial charge >= 0.3 is 0 Å². The molecule has 0 aliphatic rings. The number of hydrogen-bond acceptors (Lipinski definition) is 3. The Labute approximate surface area is 392 Å². The summed E-state index contributed by atoms with van der Waals surface area (Å²) in [7, 11) is 0. The Morgan fingerprint density at radius 1 is 0.235 bits per heavy atom. The van der Waals surface area contributed by atoms with Crippen LogP contribution in [-0.2, 0) is 0 Å². The van der Waals surface area contributed by atoms with Crippen LogP contribution in [0.15, 0.2) is 237 Å². The molecule has 68 heavy (non-hydrogen) atoms. The standard InChI is InChI=1S/C65H39N3/c1-3-20-46-43(16-1)37-57(52-26-7-5-22-48(46)52)60-39-61(58-38-44-17-2-4-21-47(44)49-23-6-8-27-53(49)58)68-65(67-60)45-19-15-18-42(36-45)40-32-34-41(35-33-40)64-63-55-29-12-10-25-51(55)50-24-9-11-28-54(50)62(63)56-30-13-14-31-59(56)66-64/h1-39H. The molecule has 0 atom stereocenters. The maximum absolute atomic E-state index is 5.47. The number of pyridine rings is 1. The molecule has 0 radical (unpaired) electrons. The van der Waals surface area contributed by atoms with Crippen LogP contribution in [0.2, 0.25) is 0 Å². The fourth-order valence-corrected chi connectivity index (χ4v) is 10.9. The van der Waals surface area contributed by atoms with Gasteiger partial charge in [0.2, 0.25) is 0 Å². The molecule has 14 rings (SSSR count). The van der Waals surface area contributed by atoms with Gasteiger partial charge in [0, 0.05) is 38.4 Å². The predicted molar refractivity (Wildman–Crippen MR) is 287 cm³/mol. The summed E-state index contributed by atoms with van der Waals surface area (Å²) in [5.74, 6) is 0.677. The summed E-state index contributed by atoms with van der Waals surface area (Å²) >= 11 is 0. The average Bonchev–Trinajstić information content (AvgIpc) is 3.42. The highest BCUT2D eigenvalue weighted by atomic mass is 14.9. The van der Waals surface area contributed by atoms with Gasteiger partial charge in [0.25, 0.3) is 0 Å². The Morgan fingerprint density at radius 3 is 1.24 bits per heavy atom. The van der Waals surface area contributed by atoms with E-state index in [0.29, 0.717) is 5.82 Å². The molecule has 314 valence electrons. The Morgan fingerprint density at radius 2 is 0.662 bits per heavy atom. The van der Waals surface area contributed by atoms with Crippen LogP contribution in [0.5, 0.6) is 0 Å². The molecule has 0 bridgehead atoms. The van der Waals surface area contributed by atoms with Gasteiger partial charge in [0.05, 0.1) is 22.6 Å². The lowest BCUT2D eigenvalue weighted by Crippen LogP contribution is -1.98. The van der Waals surface area contributed by atoms with E-state index in [1.807, 2.05) is 0 Å². The van der Waals surface area contributed by atoms with Crippen LogP contribution in [-0.4, -0.2) is 15.0 Å². The van der Waals surface area contributed by atoms with Crippen LogP contribution < -0.4 is 0 Å². The largest absolute Gasteiger partial charge is 0.247 e. The smallest absolute Gasteiger partial charge is 0.160 e. The van der Waals surface area contributed by atoms with Crippen molar-refractivity contribution in [2.75, 3.05) is 0 Å². The van der Waals surface area contributed by atoms with Crippen LogP contribution in [0.1, 0.15) is 0 Å². The van der Waals surface area contributed by atoms with E-state index in [9.17, 15) is 0 Å². The molecule has 0 spiro atoms. The SMILES string of the molecule is c1cc(-c2ccc(-c3nc4ccccc4c4c5ccccc5c5ccccc5c34)cc2)cc(-c2nc(-c3cc4ccccc4c4ccccc34)cc(-c3cc4ccccc4c4ccccc34)n2)c1. The van der Waals surface area contributed by atoms with Gasteiger partial charge in [-0.05, 0) is 106 Å². The molecular weight excluding hydrogens is 823 g/mol. The lowest BCUT2D eigenvalue weighted by molar-refractivity contribution is 1.19. The molecule has 0 unspecified atom stereocenters. The summed E-state index contributed by atoms with van der Waals surface area (Å²) in [5.41, 5.74) is 10.1. The minimum absolute atomic E-state index is 0.677. The first-order valence-electron chi connectivity index (χ1n) is 23.3. The number of benzene rings is 12. The molecule has 3 heteroatoms. The van der Waals surface area contributed by atoms with E-state index in [1.165, 1.54) is 70.0 Å². The lowest BCUT2D eigenvalue weighted by Gasteiger charge is -2.16. The minimum atomic E-state index is 0.677. The monoisotopic (exact) mass is 861 g/mol. The molecular formula is C65H39N3. The summed E-state index contributed by atoms with van der Waals surface area (Å²) in [6, 6.07) is 85.1. The average molecular weight is 862 g/mol. The number of fused-ring (bicyclic) bond motifs is 14. The van der Waals surface area contributed by atoms with Gasteiger partial charge in [-0.2, -0.15) is 0 Å². The second-order valence-corrected chi connectivity index (χ2v) is 17.8. The molecule has 2 heterocycles. The number of rotatable bonds is 5. The molecule has 0 aliphatic carbocycles. The second-order valence-electron chi connectivity index (χ2n) is 17.8. The molecule has 14 aromatic rings. The third-order valence-corrected chi connectivity index (χ3v) is 14.0. The maximum Gasteiger partial charge on any atom is 0.160 e. The first kappa shape index (κ1) is 38.2. The van der Waals surface area contributed by atoms with E-state index in [4.69, 9.17) is 15.0 Å². The van der Waals surface area contributed by atoms with Gasteiger partial charge in [-0.15, -0.1) is 0 Å². The molecule has 0 saturated heterocycles. The zero-order valence-corrected chi connectivity index (χ0v) is 36.9. The summed E-state index contributed by atoms with van der Waals surface area (Å²) < 4.78 is 0. The van der Waals surface area contributed by atoms with Crippen molar-refractivity contribution in [1.29, 1.82) is 0 Å². The lowest BCUT2D eigenvalue weighted by atomic mass is 9.89.